The van der Waals surface area contributed by atoms with Crippen LogP contribution in [0.5, 0.6) is 0 Å². The van der Waals surface area contributed by atoms with Gasteiger partial charge in [-0.25, -0.2) is 0 Å². The highest BCUT2D eigenvalue weighted by atomic mass is 35.5. The molecular weight excluding hydrogens is 234 g/mol. The molecule has 1 aromatic carbocycles. The first-order valence-electron chi connectivity index (χ1n) is 5.90. The van der Waals surface area contributed by atoms with Crippen LogP contribution >= 0.6 is 11.6 Å². The average Bonchev–Trinajstić information content (AvgIpc) is 2.83. The minimum Gasteiger partial charge on any atom is -0.362 e. The molecule has 1 aliphatic heterocycles. The molecule has 2 rings (SSSR count). The van der Waals surface area contributed by atoms with Crippen molar-refractivity contribution in [1.29, 1.82) is 0 Å². The number of likely N-dealkylation sites (tertiary alicyclic amines) is 1. The Kier molecular flexibility index (Phi) is 3.85. The summed E-state index contributed by atoms with van der Waals surface area (Å²) >= 11 is 6.13. The van der Waals surface area contributed by atoms with E-state index in [1.54, 1.807) is 0 Å². The van der Waals surface area contributed by atoms with Crippen LogP contribution in [0.25, 0.3) is 0 Å². The van der Waals surface area contributed by atoms with Crippen molar-refractivity contribution >= 4 is 17.4 Å². The third kappa shape index (κ3) is 3.10. The van der Waals surface area contributed by atoms with Crippen LogP contribution in [-0.2, 0) is 0 Å². The normalized spacial score (nSPS) is 16.4. The number of hydrogen-bond donors (Lipinski definition) is 0. The number of carbonyl (C=O) groups is 1. The highest BCUT2D eigenvalue weighted by molar-refractivity contribution is 6.31. The molecule has 0 amide bonds. The number of hydrogen-bond acceptors (Lipinski definition) is 2. The Labute approximate surface area is 107 Å². The Morgan fingerprint density at radius 3 is 2.41 bits per heavy atom. The molecular formula is C14H16ClNO. The predicted molar refractivity (Wildman–Crippen MR) is 70.3 cm³/mol. The van der Waals surface area contributed by atoms with Gasteiger partial charge in [-0.15, -0.1) is 0 Å². The Morgan fingerprint density at radius 1 is 1.24 bits per heavy atom. The van der Waals surface area contributed by atoms with E-state index in [1.165, 1.54) is 6.08 Å². The molecule has 0 unspecified atom stereocenters. The van der Waals surface area contributed by atoms with Gasteiger partial charge in [-0.05, 0) is 19.8 Å². The van der Waals surface area contributed by atoms with Gasteiger partial charge >= 0.3 is 0 Å². The molecule has 1 aromatic rings. The van der Waals surface area contributed by atoms with Crippen molar-refractivity contribution in [3.8, 4) is 0 Å². The fraction of sp³-hybridized carbons (Fsp3) is 0.357. The van der Waals surface area contributed by atoms with E-state index < -0.39 is 0 Å². The second-order valence-corrected chi connectivity index (χ2v) is 4.78. The van der Waals surface area contributed by atoms with Gasteiger partial charge in [0.15, 0.2) is 5.78 Å². The van der Waals surface area contributed by atoms with Crippen LogP contribution < -0.4 is 0 Å². The minimum absolute atomic E-state index is 0.0260. The second-order valence-electron chi connectivity index (χ2n) is 4.39. The van der Waals surface area contributed by atoms with Gasteiger partial charge in [0.25, 0.3) is 0 Å². The van der Waals surface area contributed by atoms with Crippen LogP contribution in [0.15, 0.2) is 35.5 Å². The van der Waals surface area contributed by atoms with Gasteiger partial charge in [-0.3, -0.25) is 4.79 Å². The van der Waals surface area contributed by atoms with Crippen LogP contribution in [0.2, 0.25) is 0 Å². The van der Waals surface area contributed by atoms with Crippen molar-refractivity contribution in [2.45, 2.75) is 19.8 Å². The van der Waals surface area contributed by atoms with Crippen LogP contribution in [0.4, 0.5) is 0 Å². The number of halogens is 1. The van der Waals surface area contributed by atoms with Crippen LogP contribution in [0.3, 0.4) is 0 Å². The Balaban J connectivity index is 2.09. The largest absolute Gasteiger partial charge is 0.362 e. The predicted octanol–water partition coefficient (Wildman–Crippen LogP) is 3.35. The Morgan fingerprint density at radius 2 is 1.82 bits per heavy atom. The number of allylic oxidation sites excluding steroid dienone is 1. The van der Waals surface area contributed by atoms with E-state index in [-0.39, 0.29) is 5.78 Å². The van der Waals surface area contributed by atoms with E-state index in [2.05, 4.69) is 0 Å². The standard InChI is InChI=1S/C14H16ClNO/c1-11-4-6-12(7-5-11)13(17)10-14(15)16-8-2-3-9-16/h4-7,10H,2-3,8-9H2,1H3/b14-10+. The van der Waals surface area contributed by atoms with E-state index in [0.29, 0.717) is 10.7 Å². The monoisotopic (exact) mass is 249 g/mol. The van der Waals surface area contributed by atoms with Gasteiger partial charge in [0.2, 0.25) is 0 Å². The first-order chi connectivity index (χ1) is 8.16. The summed E-state index contributed by atoms with van der Waals surface area (Å²) in [6.45, 7) is 3.91. The molecule has 0 saturated carbocycles. The highest BCUT2D eigenvalue weighted by Crippen LogP contribution is 2.18. The van der Waals surface area contributed by atoms with Gasteiger partial charge in [0, 0.05) is 24.7 Å². The molecule has 1 fully saturated rings. The third-order valence-corrected chi connectivity index (χ3v) is 3.34. The minimum atomic E-state index is -0.0260. The van der Waals surface area contributed by atoms with Gasteiger partial charge in [-0.2, -0.15) is 0 Å². The van der Waals surface area contributed by atoms with E-state index in [9.17, 15) is 4.79 Å². The molecule has 2 nitrogen and oxygen atoms in total. The Bertz CT molecular complexity index is 430. The highest BCUT2D eigenvalue weighted by Gasteiger charge is 2.14. The molecule has 3 heteroatoms. The molecule has 0 bridgehead atoms. The summed E-state index contributed by atoms with van der Waals surface area (Å²) in [6, 6.07) is 7.54. The molecule has 0 radical (unpaired) electrons. The fourth-order valence-corrected chi connectivity index (χ4v) is 2.20. The number of rotatable bonds is 3. The van der Waals surface area contributed by atoms with Crippen molar-refractivity contribution in [2.75, 3.05) is 13.1 Å². The lowest BCUT2D eigenvalue weighted by Crippen LogP contribution is -2.16. The molecule has 90 valence electrons. The first kappa shape index (κ1) is 12.2. The van der Waals surface area contributed by atoms with Gasteiger partial charge in [0.1, 0.15) is 5.16 Å². The summed E-state index contributed by atoms with van der Waals surface area (Å²) in [5.74, 6) is -0.0260. The number of ketones is 1. The van der Waals surface area contributed by atoms with Gasteiger partial charge in [0.05, 0.1) is 0 Å². The van der Waals surface area contributed by atoms with E-state index in [4.69, 9.17) is 11.6 Å². The van der Waals surface area contributed by atoms with Crippen LogP contribution in [0.1, 0.15) is 28.8 Å². The van der Waals surface area contributed by atoms with Crippen molar-refractivity contribution in [1.82, 2.24) is 4.90 Å². The number of carbonyl (C=O) groups excluding carboxylic acids is 1. The van der Waals surface area contributed by atoms with Crippen molar-refractivity contribution < 1.29 is 4.79 Å². The summed E-state index contributed by atoms with van der Waals surface area (Å²) in [7, 11) is 0. The summed E-state index contributed by atoms with van der Waals surface area (Å²) in [5, 5.41) is 0.563. The summed E-state index contributed by atoms with van der Waals surface area (Å²) in [6.07, 6.45) is 3.84. The maximum atomic E-state index is 11.9. The number of aryl methyl sites for hydroxylation is 1. The summed E-state index contributed by atoms with van der Waals surface area (Å²) < 4.78 is 0. The zero-order valence-electron chi connectivity index (χ0n) is 9.95. The summed E-state index contributed by atoms with van der Waals surface area (Å²) in [5.41, 5.74) is 1.84. The first-order valence-corrected chi connectivity index (χ1v) is 6.28. The molecule has 1 heterocycles. The van der Waals surface area contributed by atoms with Crippen molar-refractivity contribution in [3.63, 3.8) is 0 Å². The lowest BCUT2D eigenvalue weighted by atomic mass is 10.1. The maximum Gasteiger partial charge on any atom is 0.188 e. The number of benzene rings is 1. The van der Waals surface area contributed by atoms with Crippen molar-refractivity contribution in [2.24, 2.45) is 0 Å². The van der Waals surface area contributed by atoms with Crippen LogP contribution in [0, 0.1) is 6.92 Å². The molecule has 0 N–H and O–H groups in total. The van der Waals surface area contributed by atoms with Crippen LogP contribution in [-0.4, -0.2) is 23.8 Å². The maximum absolute atomic E-state index is 11.9. The molecule has 0 spiro atoms. The zero-order valence-corrected chi connectivity index (χ0v) is 10.7. The SMILES string of the molecule is Cc1ccc(C(=O)/C=C(\Cl)N2CCCC2)cc1. The molecule has 1 aliphatic rings. The molecule has 0 atom stereocenters. The molecule has 0 aliphatic carbocycles. The zero-order chi connectivity index (χ0) is 12.3. The van der Waals surface area contributed by atoms with E-state index in [1.807, 2.05) is 36.1 Å². The quantitative estimate of drug-likeness (QED) is 0.465. The average molecular weight is 250 g/mol. The lowest BCUT2D eigenvalue weighted by Gasteiger charge is -2.15. The van der Waals surface area contributed by atoms with Gasteiger partial charge in [-0.1, -0.05) is 41.4 Å². The lowest BCUT2D eigenvalue weighted by molar-refractivity contribution is 0.104. The molecule has 0 aromatic heterocycles. The Hall–Kier alpha value is -1.28. The molecule has 1 saturated heterocycles. The van der Waals surface area contributed by atoms with E-state index >= 15 is 0 Å². The fourth-order valence-electron chi connectivity index (χ4n) is 1.93. The van der Waals surface area contributed by atoms with E-state index in [0.717, 1.165) is 31.5 Å². The third-order valence-electron chi connectivity index (χ3n) is 2.99. The summed E-state index contributed by atoms with van der Waals surface area (Å²) in [4.78, 5) is 14.0. The smallest absolute Gasteiger partial charge is 0.188 e. The number of nitrogens with zero attached hydrogens (tertiary/aromatic N) is 1. The topological polar surface area (TPSA) is 20.3 Å². The molecule has 17 heavy (non-hydrogen) atoms. The van der Waals surface area contributed by atoms with Gasteiger partial charge < -0.3 is 4.90 Å². The van der Waals surface area contributed by atoms with Crippen molar-refractivity contribution in [3.05, 3.63) is 46.6 Å². The second kappa shape index (κ2) is 5.37.